The van der Waals surface area contributed by atoms with Crippen LogP contribution in [0.1, 0.15) is 11.3 Å². The first-order valence-corrected chi connectivity index (χ1v) is 8.70. The van der Waals surface area contributed by atoms with Gasteiger partial charge in [0.15, 0.2) is 5.11 Å². The summed E-state index contributed by atoms with van der Waals surface area (Å²) in [7, 11) is 0. The summed E-state index contributed by atoms with van der Waals surface area (Å²) in [5.41, 5.74) is 2.48. The third kappa shape index (κ3) is 5.37. The van der Waals surface area contributed by atoms with Crippen molar-refractivity contribution in [1.29, 1.82) is 0 Å². The van der Waals surface area contributed by atoms with Crippen molar-refractivity contribution in [2.45, 2.75) is 6.61 Å². The Hall–Kier alpha value is -3.22. The highest BCUT2D eigenvalue weighted by atomic mass is 32.1. The van der Waals surface area contributed by atoms with Crippen LogP contribution < -0.4 is 10.6 Å². The van der Waals surface area contributed by atoms with Crippen LogP contribution in [0.3, 0.4) is 0 Å². The molecule has 3 N–H and O–H groups in total. The molecule has 2 aromatic carbocycles. The fourth-order valence-electron chi connectivity index (χ4n) is 2.42. The Bertz CT molecular complexity index is 964. The normalized spacial score (nSPS) is 10.7. The van der Waals surface area contributed by atoms with Crippen LogP contribution in [0.5, 0.6) is 0 Å². The molecule has 0 aliphatic carbocycles. The molecule has 1 heterocycles. The zero-order chi connectivity index (χ0) is 19.1. The second kappa shape index (κ2) is 8.93. The van der Waals surface area contributed by atoms with Gasteiger partial charge in [0.2, 0.25) is 5.91 Å². The number of benzene rings is 2. The summed E-state index contributed by atoms with van der Waals surface area (Å²) in [5, 5.41) is 14.9. The van der Waals surface area contributed by atoms with E-state index in [0.29, 0.717) is 17.2 Å². The molecule has 3 rings (SSSR count). The average molecular weight is 378 g/mol. The summed E-state index contributed by atoms with van der Waals surface area (Å²) in [6, 6.07) is 20.4. The van der Waals surface area contributed by atoms with Crippen LogP contribution in [0.4, 0.5) is 5.69 Å². The zero-order valence-corrected chi connectivity index (χ0v) is 15.2. The Labute approximate surface area is 162 Å². The molecule has 6 heteroatoms. The molecule has 0 aliphatic rings. The molecule has 0 saturated carbocycles. The molecule has 0 saturated heterocycles. The number of carbonyl (C=O) groups excluding carboxylic acids is 1. The number of amides is 1. The van der Waals surface area contributed by atoms with Crippen molar-refractivity contribution in [2.75, 3.05) is 5.32 Å². The molecule has 0 bridgehead atoms. The molecule has 27 heavy (non-hydrogen) atoms. The van der Waals surface area contributed by atoms with Gasteiger partial charge < -0.3 is 14.8 Å². The number of thiocarbonyl (C=S) groups is 1. The number of hydrogen-bond donors (Lipinski definition) is 3. The number of hydrogen-bond acceptors (Lipinski definition) is 4. The lowest BCUT2D eigenvalue weighted by atomic mass is 10.1. The summed E-state index contributed by atoms with van der Waals surface area (Å²) in [6.07, 6.45) is 3.15. The van der Waals surface area contributed by atoms with Gasteiger partial charge in [-0.1, -0.05) is 42.5 Å². The van der Waals surface area contributed by atoms with E-state index in [0.717, 1.165) is 11.1 Å². The Morgan fingerprint density at radius 3 is 2.63 bits per heavy atom. The number of furan rings is 1. The summed E-state index contributed by atoms with van der Waals surface area (Å²) < 4.78 is 5.53. The van der Waals surface area contributed by atoms with Gasteiger partial charge in [0.05, 0.1) is 0 Å². The lowest BCUT2D eigenvalue weighted by molar-refractivity contribution is -0.115. The minimum atomic E-state index is -0.314. The first-order valence-electron chi connectivity index (χ1n) is 8.29. The molecular formula is C21H18N2O3S. The first kappa shape index (κ1) is 18.6. The molecule has 5 nitrogen and oxygen atoms in total. The molecule has 0 spiro atoms. The van der Waals surface area contributed by atoms with Crippen molar-refractivity contribution in [1.82, 2.24) is 5.32 Å². The van der Waals surface area contributed by atoms with Crippen LogP contribution in [-0.4, -0.2) is 16.1 Å². The topological polar surface area (TPSA) is 74.5 Å². The quantitative estimate of drug-likeness (QED) is 0.463. The SMILES string of the molecule is O=C(C=Cc1ccccc1)NC(=S)Nc1cccc(-c2ccc(CO)o2)c1. The largest absolute Gasteiger partial charge is 0.459 e. The second-order valence-corrected chi connectivity index (χ2v) is 6.10. The van der Waals surface area contributed by atoms with Gasteiger partial charge >= 0.3 is 0 Å². The van der Waals surface area contributed by atoms with E-state index in [1.807, 2.05) is 54.6 Å². The summed E-state index contributed by atoms with van der Waals surface area (Å²) in [5.74, 6) is 0.825. The van der Waals surface area contributed by atoms with E-state index in [2.05, 4.69) is 10.6 Å². The standard InChI is InChI=1S/C21H18N2O3S/c24-14-18-10-11-19(26-18)16-7-4-8-17(13-16)22-21(27)23-20(25)12-9-15-5-2-1-3-6-15/h1-13,24H,14H2,(H2,22,23,25,27). The van der Waals surface area contributed by atoms with Gasteiger partial charge in [-0.25, -0.2) is 0 Å². The van der Waals surface area contributed by atoms with Crippen LogP contribution in [0, 0.1) is 0 Å². The highest BCUT2D eigenvalue weighted by Gasteiger charge is 2.06. The predicted octanol–water partition coefficient (Wildman–Crippen LogP) is 3.97. The number of aliphatic hydroxyl groups excluding tert-OH is 1. The zero-order valence-electron chi connectivity index (χ0n) is 14.4. The van der Waals surface area contributed by atoms with Crippen LogP contribution in [-0.2, 0) is 11.4 Å². The van der Waals surface area contributed by atoms with Crippen molar-refractivity contribution >= 4 is 35.0 Å². The van der Waals surface area contributed by atoms with E-state index >= 15 is 0 Å². The van der Waals surface area contributed by atoms with E-state index in [1.165, 1.54) is 6.08 Å². The fourth-order valence-corrected chi connectivity index (χ4v) is 2.64. The molecule has 1 aromatic heterocycles. The van der Waals surface area contributed by atoms with E-state index < -0.39 is 0 Å². The molecule has 0 radical (unpaired) electrons. The number of nitrogens with one attached hydrogen (secondary N) is 2. The summed E-state index contributed by atoms with van der Waals surface area (Å²) >= 11 is 5.19. The van der Waals surface area contributed by atoms with Crippen LogP contribution in [0.25, 0.3) is 17.4 Å². The van der Waals surface area contributed by atoms with E-state index in [4.69, 9.17) is 21.7 Å². The molecule has 0 unspecified atom stereocenters. The second-order valence-electron chi connectivity index (χ2n) is 5.69. The van der Waals surface area contributed by atoms with Gasteiger partial charge in [0, 0.05) is 17.3 Å². The van der Waals surface area contributed by atoms with Crippen LogP contribution in [0.2, 0.25) is 0 Å². The number of aliphatic hydroxyl groups is 1. The van der Waals surface area contributed by atoms with Gasteiger partial charge in [0.1, 0.15) is 18.1 Å². The van der Waals surface area contributed by atoms with Crippen molar-refractivity contribution in [2.24, 2.45) is 0 Å². The Morgan fingerprint density at radius 2 is 1.89 bits per heavy atom. The molecule has 3 aromatic rings. The van der Waals surface area contributed by atoms with E-state index in [-0.39, 0.29) is 17.6 Å². The van der Waals surface area contributed by atoms with Crippen molar-refractivity contribution in [3.63, 3.8) is 0 Å². The Morgan fingerprint density at radius 1 is 1.07 bits per heavy atom. The maximum absolute atomic E-state index is 12.0. The van der Waals surface area contributed by atoms with Crippen LogP contribution in [0.15, 0.2) is 77.2 Å². The Balaban J connectivity index is 1.60. The maximum atomic E-state index is 12.0. The molecule has 0 fully saturated rings. The molecule has 136 valence electrons. The fraction of sp³-hybridized carbons (Fsp3) is 0.0476. The van der Waals surface area contributed by atoms with Gasteiger partial charge in [-0.3, -0.25) is 10.1 Å². The lowest BCUT2D eigenvalue weighted by Crippen LogP contribution is -2.32. The number of rotatable bonds is 5. The van der Waals surface area contributed by atoms with Gasteiger partial charge in [0.25, 0.3) is 0 Å². The third-order valence-corrected chi connectivity index (χ3v) is 3.89. The van der Waals surface area contributed by atoms with E-state index in [1.54, 1.807) is 18.2 Å². The summed E-state index contributed by atoms with van der Waals surface area (Å²) in [4.78, 5) is 12.0. The highest BCUT2D eigenvalue weighted by molar-refractivity contribution is 7.80. The smallest absolute Gasteiger partial charge is 0.250 e. The maximum Gasteiger partial charge on any atom is 0.250 e. The van der Waals surface area contributed by atoms with Crippen molar-refractivity contribution in [3.05, 3.63) is 84.1 Å². The number of carbonyl (C=O) groups is 1. The highest BCUT2D eigenvalue weighted by Crippen LogP contribution is 2.24. The third-order valence-electron chi connectivity index (χ3n) is 3.69. The van der Waals surface area contributed by atoms with Gasteiger partial charge in [-0.15, -0.1) is 0 Å². The van der Waals surface area contributed by atoms with Crippen molar-refractivity contribution in [3.8, 4) is 11.3 Å². The molecular weight excluding hydrogens is 360 g/mol. The van der Waals surface area contributed by atoms with Crippen LogP contribution >= 0.6 is 12.2 Å². The number of anilines is 1. The summed E-state index contributed by atoms with van der Waals surface area (Å²) in [6.45, 7) is -0.148. The minimum Gasteiger partial charge on any atom is -0.459 e. The molecule has 0 atom stereocenters. The molecule has 1 amide bonds. The van der Waals surface area contributed by atoms with Gasteiger partial charge in [-0.05, 0) is 48.1 Å². The predicted molar refractivity (Wildman–Crippen MR) is 110 cm³/mol. The minimum absolute atomic E-state index is 0.148. The lowest BCUT2D eigenvalue weighted by Gasteiger charge is -2.09. The van der Waals surface area contributed by atoms with E-state index in [9.17, 15) is 4.79 Å². The average Bonchev–Trinajstić information content (AvgIpc) is 3.17. The Kier molecular flexibility index (Phi) is 6.14. The van der Waals surface area contributed by atoms with Crippen molar-refractivity contribution < 1.29 is 14.3 Å². The monoisotopic (exact) mass is 378 g/mol. The van der Waals surface area contributed by atoms with Gasteiger partial charge in [-0.2, -0.15) is 0 Å². The molecule has 0 aliphatic heterocycles. The first-order chi connectivity index (χ1) is 13.1.